The molecule has 1 aliphatic heterocycles. The zero-order valence-corrected chi connectivity index (χ0v) is 21.1. The third-order valence-electron chi connectivity index (χ3n) is 5.99. The van der Waals surface area contributed by atoms with Gasteiger partial charge < -0.3 is 20.1 Å². The molecule has 3 N–H and O–H groups in total. The van der Waals surface area contributed by atoms with Crippen molar-refractivity contribution in [2.45, 2.75) is 59.5 Å². The first-order valence-corrected chi connectivity index (χ1v) is 11.8. The van der Waals surface area contributed by atoms with Crippen molar-refractivity contribution >= 4 is 17.9 Å². The third-order valence-corrected chi connectivity index (χ3v) is 5.99. The number of phenols is 3. The summed E-state index contributed by atoms with van der Waals surface area (Å²) >= 11 is 0. The average Bonchev–Trinajstić information content (AvgIpc) is 2.78. The highest BCUT2D eigenvalue weighted by molar-refractivity contribution is 6.09. The Kier molecular flexibility index (Phi) is 7.90. The molecule has 2 aromatic rings. The molecule has 0 fully saturated rings. The van der Waals surface area contributed by atoms with E-state index in [1.807, 2.05) is 39.0 Å². The molecule has 0 bridgehead atoms. The molecular weight excluding hydrogens is 440 g/mol. The molecule has 0 aromatic heterocycles. The van der Waals surface area contributed by atoms with Gasteiger partial charge in [-0.15, -0.1) is 0 Å². The molecule has 3 rings (SSSR count). The van der Waals surface area contributed by atoms with Crippen molar-refractivity contribution in [3.05, 3.63) is 82.0 Å². The lowest BCUT2D eigenvalue weighted by Crippen LogP contribution is -2.31. The monoisotopic (exact) mass is 474 g/mol. The molecule has 2 aromatic carbocycles. The van der Waals surface area contributed by atoms with Crippen LogP contribution in [0.4, 0.5) is 0 Å². The Labute approximate surface area is 207 Å². The van der Waals surface area contributed by atoms with Crippen LogP contribution in [-0.2, 0) is 6.42 Å². The Hall–Kier alpha value is -3.73. The van der Waals surface area contributed by atoms with Crippen LogP contribution in [-0.4, -0.2) is 26.7 Å². The Morgan fingerprint density at radius 1 is 0.971 bits per heavy atom. The number of benzene rings is 2. The second kappa shape index (κ2) is 10.7. The van der Waals surface area contributed by atoms with Crippen LogP contribution in [0.2, 0.25) is 0 Å². The number of allylic oxidation sites excluding steroid dienone is 5. The number of rotatable bonds is 8. The van der Waals surface area contributed by atoms with Gasteiger partial charge >= 0.3 is 0 Å². The summed E-state index contributed by atoms with van der Waals surface area (Å²) < 4.78 is 6.20. The van der Waals surface area contributed by atoms with Gasteiger partial charge in [-0.25, -0.2) is 0 Å². The summed E-state index contributed by atoms with van der Waals surface area (Å²) in [6.07, 6.45) is 12.9. The van der Waals surface area contributed by atoms with E-state index in [0.29, 0.717) is 28.9 Å². The number of phenolic OH excluding ortho intramolecular Hbond substituents is 3. The highest BCUT2D eigenvalue weighted by atomic mass is 16.5. The summed E-state index contributed by atoms with van der Waals surface area (Å²) in [5.41, 5.74) is 3.57. The van der Waals surface area contributed by atoms with Crippen LogP contribution >= 0.6 is 0 Å². The van der Waals surface area contributed by atoms with Crippen LogP contribution in [0.5, 0.6) is 23.0 Å². The maximum absolute atomic E-state index is 12.9. The lowest BCUT2D eigenvalue weighted by Gasteiger charge is -2.32. The first-order valence-electron chi connectivity index (χ1n) is 11.8. The minimum Gasteiger partial charge on any atom is -0.508 e. The molecule has 5 heteroatoms. The van der Waals surface area contributed by atoms with Gasteiger partial charge in [0.15, 0.2) is 17.3 Å². The van der Waals surface area contributed by atoms with Gasteiger partial charge in [-0.3, -0.25) is 4.79 Å². The normalized spacial score (nSPS) is 16.5. The van der Waals surface area contributed by atoms with Crippen LogP contribution in [0.1, 0.15) is 74.5 Å². The van der Waals surface area contributed by atoms with E-state index >= 15 is 0 Å². The molecule has 0 unspecified atom stereocenters. The number of ether oxygens (including phenoxy) is 1. The van der Waals surface area contributed by atoms with Crippen molar-refractivity contribution in [2.24, 2.45) is 0 Å². The largest absolute Gasteiger partial charge is 0.508 e. The number of carbonyl (C=O) groups is 1. The van der Waals surface area contributed by atoms with E-state index in [2.05, 4.69) is 19.9 Å². The molecule has 1 aliphatic rings. The van der Waals surface area contributed by atoms with Crippen LogP contribution < -0.4 is 4.74 Å². The zero-order chi connectivity index (χ0) is 25.8. The molecule has 5 nitrogen and oxygen atoms in total. The molecule has 184 valence electrons. The molecule has 0 aliphatic carbocycles. The van der Waals surface area contributed by atoms with Crippen molar-refractivity contribution in [1.29, 1.82) is 0 Å². The fourth-order valence-electron chi connectivity index (χ4n) is 3.92. The molecule has 0 saturated carbocycles. The van der Waals surface area contributed by atoms with Gasteiger partial charge in [-0.2, -0.15) is 0 Å². The first kappa shape index (κ1) is 25.9. The second-order valence-electron chi connectivity index (χ2n) is 9.63. The Morgan fingerprint density at radius 3 is 2.34 bits per heavy atom. The maximum atomic E-state index is 12.9. The van der Waals surface area contributed by atoms with E-state index in [9.17, 15) is 20.1 Å². The standard InChI is InChI=1S/C30H34O5/c1-19(2)7-6-17-30(5)18-16-22-21(10-14-27(33)29(22)35-30)9-13-25(31)24-12-15-26(32)23(28(24)34)11-8-20(3)4/h7-10,12-16,18,32-34H,6,11,17H2,1-5H3/b13-9+/t30-/m0/s1. The first-order chi connectivity index (χ1) is 16.5. The third kappa shape index (κ3) is 6.24. The van der Waals surface area contributed by atoms with Gasteiger partial charge in [-0.1, -0.05) is 41.5 Å². The fraction of sp³-hybridized carbons (Fsp3) is 0.300. The van der Waals surface area contributed by atoms with Crippen LogP contribution in [0, 0.1) is 0 Å². The quantitative estimate of drug-likeness (QED) is 0.215. The number of ketones is 1. The Morgan fingerprint density at radius 2 is 1.66 bits per heavy atom. The smallest absolute Gasteiger partial charge is 0.189 e. The lowest BCUT2D eigenvalue weighted by atomic mass is 9.92. The van der Waals surface area contributed by atoms with Crippen molar-refractivity contribution in [2.75, 3.05) is 0 Å². The summed E-state index contributed by atoms with van der Waals surface area (Å²) in [6.45, 7) is 9.95. The van der Waals surface area contributed by atoms with E-state index < -0.39 is 11.4 Å². The van der Waals surface area contributed by atoms with E-state index in [0.717, 1.165) is 18.4 Å². The lowest BCUT2D eigenvalue weighted by molar-refractivity contribution is 0.104. The summed E-state index contributed by atoms with van der Waals surface area (Å²) in [6, 6.07) is 6.10. The SMILES string of the molecule is CC(C)=CCC[C@@]1(C)C=Cc2c(/C=C/C(=O)c3ccc(O)c(CC=C(C)C)c3O)ccc(O)c2O1. The van der Waals surface area contributed by atoms with Gasteiger partial charge in [0.25, 0.3) is 0 Å². The highest BCUT2D eigenvalue weighted by Gasteiger charge is 2.29. The number of carbonyl (C=O) groups excluding carboxylic acids is 1. The predicted octanol–water partition coefficient (Wildman–Crippen LogP) is 7.12. The molecule has 0 saturated heterocycles. The van der Waals surface area contributed by atoms with Gasteiger partial charge in [0.2, 0.25) is 0 Å². The molecule has 0 amide bonds. The van der Waals surface area contributed by atoms with Crippen LogP contribution in [0.3, 0.4) is 0 Å². The van der Waals surface area contributed by atoms with E-state index in [-0.39, 0.29) is 22.8 Å². The molecule has 1 atom stereocenters. The highest BCUT2D eigenvalue weighted by Crippen LogP contribution is 2.42. The molecule has 35 heavy (non-hydrogen) atoms. The van der Waals surface area contributed by atoms with Gasteiger partial charge in [-0.05, 0) is 89.8 Å². The minimum atomic E-state index is -0.548. The van der Waals surface area contributed by atoms with Gasteiger partial charge in [0.05, 0.1) is 5.56 Å². The summed E-state index contributed by atoms with van der Waals surface area (Å²) in [7, 11) is 0. The summed E-state index contributed by atoms with van der Waals surface area (Å²) in [5.74, 6) is -0.238. The van der Waals surface area contributed by atoms with E-state index in [1.165, 1.54) is 23.8 Å². The number of hydrogen-bond donors (Lipinski definition) is 3. The Bertz CT molecular complexity index is 1240. The molecular formula is C30H34O5. The minimum absolute atomic E-state index is 0.0429. The summed E-state index contributed by atoms with van der Waals surface area (Å²) in [5, 5.41) is 31.2. The molecule has 1 heterocycles. The average molecular weight is 475 g/mol. The van der Waals surface area contributed by atoms with Crippen LogP contribution in [0.25, 0.3) is 12.2 Å². The zero-order valence-electron chi connectivity index (χ0n) is 21.1. The second-order valence-corrected chi connectivity index (χ2v) is 9.63. The number of fused-ring (bicyclic) bond motifs is 1. The van der Waals surface area contributed by atoms with Crippen LogP contribution in [0.15, 0.2) is 59.7 Å². The van der Waals surface area contributed by atoms with Gasteiger partial charge in [0, 0.05) is 11.1 Å². The Balaban J connectivity index is 1.87. The molecule has 0 radical (unpaired) electrons. The van der Waals surface area contributed by atoms with E-state index in [4.69, 9.17) is 4.74 Å². The van der Waals surface area contributed by atoms with Crippen molar-refractivity contribution in [1.82, 2.24) is 0 Å². The van der Waals surface area contributed by atoms with Crippen molar-refractivity contribution < 1.29 is 24.9 Å². The summed E-state index contributed by atoms with van der Waals surface area (Å²) in [4.78, 5) is 12.9. The molecule has 0 spiro atoms. The van der Waals surface area contributed by atoms with Crippen molar-refractivity contribution in [3.8, 4) is 23.0 Å². The van der Waals surface area contributed by atoms with Crippen molar-refractivity contribution in [3.63, 3.8) is 0 Å². The maximum Gasteiger partial charge on any atom is 0.189 e. The fourth-order valence-corrected chi connectivity index (χ4v) is 3.92. The number of hydrogen-bond acceptors (Lipinski definition) is 5. The predicted molar refractivity (Wildman–Crippen MR) is 141 cm³/mol. The van der Waals surface area contributed by atoms with E-state index in [1.54, 1.807) is 18.2 Å². The topological polar surface area (TPSA) is 87.0 Å². The number of aromatic hydroxyl groups is 3. The van der Waals surface area contributed by atoms with Gasteiger partial charge in [0.1, 0.15) is 17.1 Å².